The second kappa shape index (κ2) is 6.01. The molecule has 0 aliphatic carbocycles. The first-order valence-electron chi connectivity index (χ1n) is 7.99. The molecule has 2 atom stereocenters. The van der Waals surface area contributed by atoms with Gasteiger partial charge in [-0.05, 0) is 57.2 Å². The first-order chi connectivity index (χ1) is 10.1. The Kier molecular flexibility index (Phi) is 4.27. The molecule has 0 saturated carbocycles. The van der Waals surface area contributed by atoms with Crippen molar-refractivity contribution in [3.63, 3.8) is 0 Å². The summed E-state index contributed by atoms with van der Waals surface area (Å²) in [5, 5.41) is 3.51. The van der Waals surface area contributed by atoms with Gasteiger partial charge in [-0.1, -0.05) is 6.07 Å². The second-order valence-corrected chi connectivity index (χ2v) is 6.70. The minimum atomic E-state index is -0.505. The third-order valence-corrected chi connectivity index (χ3v) is 5.21. The number of nitrogens with zero attached hydrogens (tertiary/aromatic N) is 1. The van der Waals surface area contributed by atoms with Crippen LogP contribution in [0.1, 0.15) is 44.2 Å². The van der Waals surface area contributed by atoms with E-state index in [4.69, 9.17) is 0 Å². The van der Waals surface area contributed by atoms with Gasteiger partial charge in [-0.3, -0.25) is 4.90 Å². The number of likely N-dealkylation sites (tertiary alicyclic amines) is 1. The number of nitrogens with one attached hydrogen (secondary N) is 1. The van der Waals surface area contributed by atoms with E-state index in [9.17, 15) is 8.78 Å². The van der Waals surface area contributed by atoms with Crippen LogP contribution in [0.15, 0.2) is 18.2 Å². The number of rotatable bonds is 2. The number of hydrogen-bond acceptors (Lipinski definition) is 2. The molecule has 2 unspecified atom stereocenters. The number of halogens is 2. The molecule has 2 heterocycles. The molecule has 2 aliphatic heterocycles. The van der Waals surface area contributed by atoms with E-state index in [0.29, 0.717) is 11.0 Å². The van der Waals surface area contributed by atoms with Crippen LogP contribution in [0.25, 0.3) is 0 Å². The molecule has 1 N–H and O–H groups in total. The first-order valence-corrected chi connectivity index (χ1v) is 7.99. The van der Waals surface area contributed by atoms with Gasteiger partial charge in [0.15, 0.2) is 0 Å². The standard InChI is InChI=1S/C17H24F2N2/c1-13(15-5-4-14(18)10-16(15)19)21-9-3-7-17(12-21)6-2-8-20-11-17/h4-5,10,13,20H,2-3,6-9,11-12H2,1H3. The van der Waals surface area contributed by atoms with E-state index in [1.165, 1.54) is 25.3 Å². The predicted molar refractivity (Wildman–Crippen MR) is 80.1 cm³/mol. The van der Waals surface area contributed by atoms with Crippen LogP contribution in [0.3, 0.4) is 0 Å². The van der Waals surface area contributed by atoms with Crippen molar-refractivity contribution in [3.8, 4) is 0 Å². The Balaban J connectivity index is 1.76. The monoisotopic (exact) mass is 294 g/mol. The molecule has 0 radical (unpaired) electrons. The Bertz CT molecular complexity index is 492. The van der Waals surface area contributed by atoms with Crippen LogP contribution < -0.4 is 5.32 Å². The maximum absolute atomic E-state index is 14.0. The van der Waals surface area contributed by atoms with Crippen LogP contribution in [0.2, 0.25) is 0 Å². The minimum Gasteiger partial charge on any atom is -0.316 e. The van der Waals surface area contributed by atoms with Crippen molar-refractivity contribution < 1.29 is 8.78 Å². The van der Waals surface area contributed by atoms with E-state index in [0.717, 1.165) is 38.7 Å². The van der Waals surface area contributed by atoms with Crippen LogP contribution in [-0.4, -0.2) is 31.1 Å². The van der Waals surface area contributed by atoms with E-state index in [1.54, 1.807) is 6.07 Å². The summed E-state index contributed by atoms with van der Waals surface area (Å²) in [4.78, 5) is 2.37. The van der Waals surface area contributed by atoms with Gasteiger partial charge >= 0.3 is 0 Å². The zero-order chi connectivity index (χ0) is 14.9. The Labute approximate surface area is 125 Å². The van der Waals surface area contributed by atoms with Crippen LogP contribution in [0.5, 0.6) is 0 Å². The van der Waals surface area contributed by atoms with Crippen molar-refractivity contribution in [3.05, 3.63) is 35.4 Å². The van der Waals surface area contributed by atoms with E-state index in [1.807, 2.05) is 6.92 Å². The summed E-state index contributed by atoms with van der Waals surface area (Å²) in [5.41, 5.74) is 0.957. The Morgan fingerprint density at radius 1 is 1.24 bits per heavy atom. The summed E-state index contributed by atoms with van der Waals surface area (Å²) in [6.07, 6.45) is 4.91. The van der Waals surface area contributed by atoms with Gasteiger partial charge in [0, 0.05) is 30.8 Å². The summed E-state index contributed by atoms with van der Waals surface area (Å²) < 4.78 is 27.1. The van der Waals surface area contributed by atoms with Crippen LogP contribution in [-0.2, 0) is 0 Å². The lowest BCUT2D eigenvalue weighted by Gasteiger charge is -2.47. The third-order valence-electron chi connectivity index (χ3n) is 5.21. The molecule has 4 heteroatoms. The molecule has 2 aliphatic rings. The fraction of sp³-hybridized carbons (Fsp3) is 0.647. The van der Waals surface area contributed by atoms with E-state index in [-0.39, 0.29) is 6.04 Å². The van der Waals surface area contributed by atoms with Crippen molar-refractivity contribution in [2.45, 2.75) is 38.6 Å². The Hall–Kier alpha value is -1.00. The fourth-order valence-corrected chi connectivity index (χ4v) is 3.99. The zero-order valence-electron chi connectivity index (χ0n) is 12.7. The molecular formula is C17H24F2N2. The Morgan fingerprint density at radius 3 is 2.76 bits per heavy atom. The molecule has 2 fully saturated rings. The van der Waals surface area contributed by atoms with Crippen LogP contribution in [0.4, 0.5) is 8.78 Å². The summed E-state index contributed by atoms with van der Waals surface area (Å²) in [6.45, 7) is 6.23. The predicted octanol–water partition coefficient (Wildman–Crippen LogP) is 3.49. The lowest BCUT2D eigenvalue weighted by molar-refractivity contribution is 0.0407. The van der Waals surface area contributed by atoms with Gasteiger partial charge in [-0.2, -0.15) is 0 Å². The van der Waals surface area contributed by atoms with Gasteiger partial charge in [-0.25, -0.2) is 8.78 Å². The van der Waals surface area contributed by atoms with Gasteiger partial charge in [0.05, 0.1) is 0 Å². The summed E-state index contributed by atoms with van der Waals surface area (Å²) in [6, 6.07) is 3.95. The molecule has 3 rings (SSSR count). The molecule has 2 nitrogen and oxygen atoms in total. The molecule has 1 spiro atoms. The second-order valence-electron chi connectivity index (χ2n) is 6.70. The highest BCUT2D eigenvalue weighted by atomic mass is 19.1. The van der Waals surface area contributed by atoms with Gasteiger partial charge in [0.25, 0.3) is 0 Å². The number of piperidine rings is 2. The minimum absolute atomic E-state index is 0.00435. The quantitative estimate of drug-likeness (QED) is 0.898. The molecule has 116 valence electrons. The highest BCUT2D eigenvalue weighted by molar-refractivity contribution is 5.22. The number of benzene rings is 1. The zero-order valence-corrected chi connectivity index (χ0v) is 12.7. The average Bonchev–Trinajstić information content (AvgIpc) is 2.47. The van der Waals surface area contributed by atoms with Crippen LogP contribution in [0, 0.1) is 17.0 Å². The van der Waals surface area contributed by atoms with Crippen molar-refractivity contribution in [2.75, 3.05) is 26.2 Å². The fourth-order valence-electron chi connectivity index (χ4n) is 3.99. The normalized spacial score (nSPS) is 28.7. The lowest BCUT2D eigenvalue weighted by Crippen LogP contribution is -2.51. The van der Waals surface area contributed by atoms with Crippen molar-refractivity contribution in [1.82, 2.24) is 10.2 Å². The molecule has 0 bridgehead atoms. The summed E-state index contributed by atoms with van der Waals surface area (Å²) in [7, 11) is 0. The van der Waals surface area contributed by atoms with Crippen molar-refractivity contribution >= 4 is 0 Å². The van der Waals surface area contributed by atoms with Crippen LogP contribution >= 0.6 is 0 Å². The Morgan fingerprint density at radius 2 is 2.05 bits per heavy atom. The first kappa shape index (κ1) is 14.9. The largest absolute Gasteiger partial charge is 0.316 e. The molecule has 1 aromatic carbocycles. The third kappa shape index (κ3) is 3.11. The molecule has 21 heavy (non-hydrogen) atoms. The topological polar surface area (TPSA) is 15.3 Å². The highest BCUT2D eigenvalue weighted by Crippen LogP contribution is 2.39. The number of hydrogen-bond donors (Lipinski definition) is 1. The molecular weight excluding hydrogens is 270 g/mol. The highest BCUT2D eigenvalue weighted by Gasteiger charge is 2.38. The smallest absolute Gasteiger partial charge is 0.130 e. The van der Waals surface area contributed by atoms with E-state index < -0.39 is 11.6 Å². The summed E-state index contributed by atoms with van der Waals surface area (Å²) in [5.74, 6) is -0.932. The van der Waals surface area contributed by atoms with Gasteiger partial charge in [0.2, 0.25) is 0 Å². The van der Waals surface area contributed by atoms with E-state index >= 15 is 0 Å². The SMILES string of the molecule is CC(c1ccc(F)cc1F)N1CCCC2(CCCNC2)C1. The van der Waals surface area contributed by atoms with Crippen molar-refractivity contribution in [2.24, 2.45) is 5.41 Å². The van der Waals surface area contributed by atoms with Crippen molar-refractivity contribution in [1.29, 1.82) is 0 Å². The molecule has 1 aromatic rings. The lowest BCUT2D eigenvalue weighted by atomic mass is 9.74. The maximum Gasteiger partial charge on any atom is 0.130 e. The van der Waals surface area contributed by atoms with Gasteiger partial charge in [0.1, 0.15) is 11.6 Å². The maximum atomic E-state index is 14.0. The van der Waals surface area contributed by atoms with Gasteiger partial charge in [-0.15, -0.1) is 0 Å². The van der Waals surface area contributed by atoms with E-state index in [2.05, 4.69) is 10.2 Å². The molecule has 0 aromatic heterocycles. The molecule has 0 amide bonds. The molecule has 2 saturated heterocycles. The van der Waals surface area contributed by atoms with Gasteiger partial charge < -0.3 is 5.32 Å². The summed E-state index contributed by atoms with van der Waals surface area (Å²) >= 11 is 0. The average molecular weight is 294 g/mol.